The maximum absolute atomic E-state index is 12.2. The van der Waals surface area contributed by atoms with Gasteiger partial charge in [0.2, 0.25) is 0 Å². The second kappa shape index (κ2) is 5.61. The van der Waals surface area contributed by atoms with Gasteiger partial charge in [-0.2, -0.15) is 0 Å². The summed E-state index contributed by atoms with van der Waals surface area (Å²) < 4.78 is 28.1. The van der Waals surface area contributed by atoms with Gasteiger partial charge in [0.15, 0.2) is 0 Å². The SMILES string of the molecule is Nc1ccc(NS(=O)(=O)c2cc(Cl)c(Br)s2)c(Br)c1. The van der Waals surface area contributed by atoms with Crippen molar-refractivity contribution in [3.63, 3.8) is 0 Å². The molecule has 19 heavy (non-hydrogen) atoms. The van der Waals surface area contributed by atoms with Crippen LogP contribution in [0.3, 0.4) is 0 Å². The van der Waals surface area contributed by atoms with Crippen molar-refractivity contribution in [2.75, 3.05) is 10.5 Å². The maximum atomic E-state index is 12.2. The van der Waals surface area contributed by atoms with Crippen molar-refractivity contribution in [2.45, 2.75) is 4.21 Å². The summed E-state index contributed by atoms with van der Waals surface area (Å²) >= 11 is 13.3. The summed E-state index contributed by atoms with van der Waals surface area (Å²) in [6.45, 7) is 0. The van der Waals surface area contributed by atoms with Crippen LogP contribution < -0.4 is 10.5 Å². The second-order valence-electron chi connectivity index (χ2n) is 3.53. The molecular weight excluding hydrogens is 440 g/mol. The Labute approximate surface area is 136 Å². The smallest absolute Gasteiger partial charge is 0.271 e. The minimum absolute atomic E-state index is 0.133. The van der Waals surface area contributed by atoms with Gasteiger partial charge in [0.1, 0.15) is 4.21 Å². The Kier molecular flexibility index (Phi) is 4.46. The van der Waals surface area contributed by atoms with Gasteiger partial charge >= 0.3 is 0 Å². The van der Waals surface area contributed by atoms with E-state index in [-0.39, 0.29) is 4.21 Å². The molecule has 4 nitrogen and oxygen atoms in total. The van der Waals surface area contributed by atoms with E-state index < -0.39 is 10.0 Å². The van der Waals surface area contributed by atoms with Gasteiger partial charge in [0, 0.05) is 10.2 Å². The monoisotopic (exact) mass is 444 g/mol. The van der Waals surface area contributed by atoms with Crippen LogP contribution >= 0.6 is 54.8 Å². The zero-order valence-corrected chi connectivity index (χ0v) is 14.7. The number of hydrogen-bond donors (Lipinski definition) is 2. The van der Waals surface area contributed by atoms with Gasteiger partial charge in [-0.3, -0.25) is 4.72 Å². The number of thiophene rings is 1. The standard InChI is InChI=1S/C10H7Br2ClN2O2S2/c11-6-3-5(14)1-2-8(6)15-19(16,17)9-4-7(13)10(12)18-9/h1-4,15H,14H2. The maximum Gasteiger partial charge on any atom is 0.271 e. The van der Waals surface area contributed by atoms with Gasteiger partial charge in [0.05, 0.1) is 14.5 Å². The predicted molar refractivity (Wildman–Crippen MR) is 86.4 cm³/mol. The molecule has 0 bridgehead atoms. The number of anilines is 2. The fourth-order valence-corrected chi connectivity index (χ4v) is 5.37. The van der Waals surface area contributed by atoms with Crippen LogP contribution in [0.4, 0.5) is 11.4 Å². The quantitative estimate of drug-likeness (QED) is 0.690. The van der Waals surface area contributed by atoms with Crippen molar-refractivity contribution in [3.05, 3.63) is 37.5 Å². The normalized spacial score (nSPS) is 11.5. The lowest BCUT2D eigenvalue weighted by Gasteiger charge is -2.08. The van der Waals surface area contributed by atoms with Gasteiger partial charge in [-0.1, -0.05) is 11.6 Å². The molecule has 0 saturated heterocycles. The lowest BCUT2D eigenvalue weighted by molar-refractivity contribution is 0.603. The van der Waals surface area contributed by atoms with Crippen LogP contribution in [-0.4, -0.2) is 8.42 Å². The van der Waals surface area contributed by atoms with Gasteiger partial charge < -0.3 is 5.73 Å². The number of hydrogen-bond acceptors (Lipinski definition) is 4. The number of halogens is 3. The molecule has 0 amide bonds. The van der Waals surface area contributed by atoms with Gasteiger partial charge in [-0.25, -0.2) is 8.42 Å². The molecule has 1 heterocycles. The molecule has 0 atom stereocenters. The summed E-state index contributed by atoms with van der Waals surface area (Å²) in [7, 11) is -3.67. The summed E-state index contributed by atoms with van der Waals surface area (Å²) in [5.41, 5.74) is 6.55. The average molecular weight is 447 g/mol. The molecule has 0 aliphatic rings. The summed E-state index contributed by atoms with van der Waals surface area (Å²) in [5, 5.41) is 0.363. The molecule has 0 aliphatic carbocycles. The van der Waals surface area contributed by atoms with E-state index >= 15 is 0 Å². The van der Waals surface area contributed by atoms with E-state index in [4.69, 9.17) is 17.3 Å². The second-order valence-corrected chi connectivity index (χ2v) is 9.07. The number of rotatable bonds is 3. The number of nitrogens with two attached hydrogens (primary N) is 1. The van der Waals surface area contributed by atoms with Crippen LogP contribution in [0.1, 0.15) is 0 Å². The van der Waals surface area contributed by atoms with Gasteiger partial charge in [-0.05, 0) is 56.1 Å². The van der Waals surface area contributed by atoms with Crippen molar-refractivity contribution >= 4 is 76.2 Å². The van der Waals surface area contributed by atoms with Crippen molar-refractivity contribution in [2.24, 2.45) is 0 Å². The molecule has 3 N–H and O–H groups in total. The van der Waals surface area contributed by atoms with Crippen molar-refractivity contribution in [1.29, 1.82) is 0 Å². The highest BCUT2D eigenvalue weighted by molar-refractivity contribution is 9.11. The first-order valence-corrected chi connectivity index (χ1v) is 9.08. The van der Waals surface area contributed by atoms with Crippen LogP contribution in [0.25, 0.3) is 0 Å². The Hall–Kier alpha value is -0.280. The molecule has 0 radical (unpaired) electrons. The highest BCUT2D eigenvalue weighted by Crippen LogP contribution is 2.36. The lowest BCUT2D eigenvalue weighted by Crippen LogP contribution is -2.11. The van der Waals surface area contributed by atoms with Crippen LogP contribution in [0.15, 0.2) is 36.7 Å². The Morgan fingerprint density at radius 1 is 1.26 bits per heavy atom. The first-order chi connectivity index (χ1) is 8.79. The average Bonchev–Trinajstić information content (AvgIpc) is 2.64. The summed E-state index contributed by atoms with van der Waals surface area (Å²) in [6.07, 6.45) is 0. The number of nitrogen functional groups attached to an aromatic ring is 1. The third-order valence-corrected chi connectivity index (χ3v) is 7.09. The summed E-state index contributed by atoms with van der Waals surface area (Å²) in [5.74, 6) is 0. The minimum atomic E-state index is -3.67. The van der Waals surface area contributed by atoms with E-state index in [1.807, 2.05) is 0 Å². The lowest BCUT2D eigenvalue weighted by atomic mass is 10.3. The fourth-order valence-electron chi connectivity index (χ4n) is 1.27. The molecule has 2 aromatic rings. The molecule has 0 spiro atoms. The van der Waals surface area contributed by atoms with Crippen molar-refractivity contribution < 1.29 is 8.42 Å². The first kappa shape index (κ1) is 15.1. The van der Waals surface area contributed by atoms with Crippen LogP contribution in [-0.2, 0) is 10.0 Å². The molecule has 1 aromatic heterocycles. The molecule has 0 unspecified atom stereocenters. The van der Waals surface area contributed by atoms with Gasteiger partial charge in [0.25, 0.3) is 10.0 Å². The number of nitrogens with one attached hydrogen (secondary N) is 1. The van der Waals surface area contributed by atoms with E-state index in [0.717, 1.165) is 11.3 Å². The topological polar surface area (TPSA) is 72.2 Å². The van der Waals surface area contributed by atoms with E-state index in [1.165, 1.54) is 6.07 Å². The Morgan fingerprint density at radius 2 is 1.95 bits per heavy atom. The Balaban J connectivity index is 2.36. The largest absolute Gasteiger partial charge is 0.399 e. The zero-order chi connectivity index (χ0) is 14.2. The molecule has 102 valence electrons. The third kappa shape index (κ3) is 3.43. The molecular formula is C10H7Br2ClN2O2S2. The van der Waals surface area contributed by atoms with Crippen molar-refractivity contribution in [1.82, 2.24) is 0 Å². The molecule has 9 heteroatoms. The Bertz CT molecular complexity index is 712. The number of sulfonamides is 1. The fraction of sp³-hybridized carbons (Fsp3) is 0. The van der Waals surface area contributed by atoms with Crippen LogP contribution in [0.2, 0.25) is 5.02 Å². The summed E-state index contributed by atoms with van der Waals surface area (Å²) in [6, 6.07) is 6.21. The van der Waals surface area contributed by atoms with E-state index in [2.05, 4.69) is 36.6 Å². The molecule has 1 aromatic carbocycles. The highest BCUT2D eigenvalue weighted by Gasteiger charge is 2.20. The minimum Gasteiger partial charge on any atom is -0.399 e. The first-order valence-electron chi connectivity index (χ1n) is 4.82. The molecule has 0 saturated carbocycles. The predicted octanol–water partition coefficient (Wildman–Crippen LogP) is 4.31. The van der Waals surface area contributed by atoms with Gasteiger partial charge in [-0.15, -0.1) is 11.3 Å². The third-order valence-electron chi connectivity index (χ3n) is 2.12. The Morgan fingerprint density at radius 3 is 2.47 bits per heavy atom. The molecule has 2 rings (SSSR count). The zero-order valence-electron chi connectivity index (χ0n) is 9.15. The van der Waals surface area contributed by atoms with Crippen LogP contribution in [0, 0.1) is 0 Å². The van der Waals surface area contributed by atoms with Crippen LogP contribution in [0.5, 0.6) is 0 Å². The molecule has 0 fully saturated rings. The van der Waals surface area contributed by atoms with Crippen molar-refractivity contribution in [3.8, 4) is 0 Å². The highest BCUT2D eigenvalue weighted by atomic mass is 79.9. The number of benzene rings is 1. The van der Waals surface area contributed by atoms with E-state index in [0.29, 0.717) is 24.7 Å². The van der Waals surface area contributed by atoms with E-state index in [9.17, 15) is 8.42 Å². The summed E-state index contributed by atoms with van der Waals surface area (Å²) in [4.78, 5) is 0. The van der Waals surface area contributed by atoms with E-state index in [1.54, 1.807) is 18.2 Å². The molecule has 0 aliphatic heterocycles.